The summed E-state index contributed by atoms with van der Waals surface area (Å²) in [6, 6.07) is 9.94. The second kappa shape index (κ2) is 4.24. The van der Waals surface area contributed by atoms with E-state index in [1.807, 2.05) is 34.9 Å². The maximum absolute atomic E-state index is 11.9. The maximum atomic E-state index is 11.9. The van der Waals surface area contributed by atoms with Crippen LogP contribution in [-0.4, -0.2) is 19.2 Å². The molecular formula is C13H13N5O. The van der Waals surface area contributed by atoms with Gasteiger partial charge in [0.2, 0.25) is 0 Å². The molecule has 0 unspecified atom stereocenters. The second-order valence-electron chi connectivity index (χ2n) is 4.36. The molecule has 2 N–H and O–H groups in total. The number of nitrogens with zero attached hydrogens (tertiary/aromatic N) is 4. The molecule has 0 saturated carbocycles. The molecule has 6 nitrogen and oxygen atoms in total. The van der Waals surface area contributed by atoms with E-state index in [9.17, 15) is 4.79 Å². The van der Waals surface area contributed by atoms with Crippen molar-refractivity contribution in [1.82, 2.24) is 19.2 Å². The average molecular weight is 255 g/mol. The van der Waals surface area contributed by atoms with E-state index in [0.717, 1.165) is 10.2 Å². The third-order valence-electron chi connectivity index (χ3n) is 3.04. The van der Waals surface area contributed by atoms with Crippen LogP contribution >= 0.6 is 0 Å². The fourth-order valence-electron chi connectivity index (χ4n) is 2.01. The number of fused-ring (bicyclic) bond motifs is 1. The molecule has 1 aromatic carbocycles. The van der Waals surface area contributed by atoms with Crippen molar-refractivity contribution in [3.05, 3.63) is 58.4 Å². The number of hydrogen-bond acceptors (Lipinski definition) is 4. The van der Waals surface area contributed by atoms with E-state index < -0.39 is 0 Å². The summed E-state index contributed by atoms with van der Waals surface area (Å²) >= 11 is 0. The first kappa shape index (κ1) is 11.5. The molecule has 0 spiro atoms. The Balaban J connectivity index is 2.14. The quantitative estimate of drug-likeness (QED) is 0.682. The lowest BCUT2D eigenvalue weighted by atomic mass is 10.2. The lowest BCUT2D eigenvalue weighted by Gasteiger charge is -2.05. The zero-order valence-corrected chi connectivity index (χ0v) is 10.4. The minimum atomic E-state index is -0.325. The van der Waals surface area contributed by atoms with Crippen LogP contribution in [0.5, 0.6) is 0 Å². The highest BCUT2D eigenvalue weighted by Gasteiger charge is 2.11. The van der Waals surface area contributed by atoms with Crippen molar-refractivity contribution >= 4 is 11.2 Å². The lowest BCUT2D eigenvalue weighted by Crippen LogP contribution is -2.30. The summed E-state index contributed by atoms with van der Waals surface area (Å²) in [5.41, 5.74) is 1.66. The van der Waals surface area contributed by atoms with Crippen LogP contribution in [0.2, 0.25) is 0 Å². The summed E-state index contributed by atoms with van der Waals surface area (Å²) in [7, 11) is 0. The minimum absolute atomic E-state index is 0.295. The molecule has 0 bridgehead atoms. The predicted molar refractivity (Wildman–Crippen MR) is 72.2 cm³/mol. The van der Waals surface area contributed by atoms with Gasteiger partial charge in [0.25, 0.3) is 5.56 Å². The Kier molecular flexibility index (Phi) is 2.56. The largest absolute Gasteiger partial charge is 0.335 e. The zero-order valence-electron chi connectivity index (χ0n) is 10.4. The summed E-state index contributed by atoms with van der Waals surface area (Å²) in [4.78, 5) is 20.4. The zero-order chi connectivity index (χ0) is 13.4. The number of rotatable bonds is 2. The summed E-state index contributed by atoms with van der Waals surface area (Å²) in [6.45, 7) is 2.32. The minimum Gasteiger partial charge on any atom is -0.335 e. The van der Waals surface area contributed by atoms with Gasteiger partial charge in [-0.1, -0.05) is 30.3 Å². The second-order valence-corrected chi connectivity index (χ2v) is 4.36. The molecule has 0 amide bonds. The molecule has 96 valence electrons. The van der Waals surface area contributed by atoms with E-state index in [-0.39, 0.29) is 5.56 Å². The Hall–Kier alpha value is -2.63. The van der Waals surface area contributed by atoms with Crippen molar-refractivity contribution in [3.8, 4) is 0 Å². The first-order chi connectivity index (χ1) is 9.16. The molecule has 0 aliphatic heterocycles. The number of benzene rings is 1. The van der Waals surface area contributed by atoms with Crippen molar-refractivity contribution in [2.45, 2.75) is 13.5 Å². The van der Waals surface area contributed by atoms with E-state index >= 15 is 0 Å². The lowest BCUT2D eigenvalue weighted by molar-refractivity contribution is 0.795. The van der Waals surface area contributed by atoms with Crippen molar-refractivity contribution in [3.63, 3.8) is 0 Å². The molecule has 6 heteroatoms. The van der Waals surface area contributed by atoms with Crippen LogP contribution in [0.25, 0.3) is 11.2 Å². The maximum Gasteiger partial charge on any atom is 0.300 e. The van der Waals surface area contributed by atoms with Crippen LogP contribution in [0, 0.1) is 6.92 Å². The fraction of sp³-hybridized carbons (Fsp3) is 0.154. The van der Waals surface area contributed by atoms with E-state index in [1.165, 1.54) is 0 Å². The highest BCUT2D eigenvalue weighted by atomic mass is 16.1. The van der Waals surface area contributed by atoms with Gasteiger partial charge in [-0.25, -0.2) is 14.6 Å². The molecule has 0 fully saturated rings. The van der Waals surface area contributed by atoms with Crippen LogP contribution in [0.4, 0.5) is 0 Å². The van der Waals surface area contributed by atoms with Crippen LogP contribution in [-0.2, 0) is 6.54 Å². The molecule has 3 rings (SSSR count). The van der Waals surface area contributed by atoms with E-state index in [0.29, 0.717) is 23.5 Å². The summed E-state index contributed by atoms with van der Waals surface area (Å²) < 4.78 is 2.86. The normalized spacial score (nSPS) is 11.0. The van der Waals surface area contributed by atoms with Crippen LogP contribution in [0.1, 0.15) is 11.4 Å². The third-order valence-corrected chi connectivity index (χ3v) is 3.04. The van der Waals surface area contributed by atoms with Crippen LogP contribution in [0.15, 0.2) is 41.5 Å². The highest BCUT2D eigenvalue weighted by Crippen LogP contribution is 2.09. The molecule has 0 atom stereocenters. The standard InChI is InChI=1S/C13H13N5O/c1-9-16-12-11(13(19)18(9)14)15-8-17(12)7-10-5-3-2-4-6-10/h2-6,8H,7,14H2,1H3. The third kappa shape index (κ3) is 1.87. The van der Waals surface area contributed by atoms with Gasteiger partial charge >= 0.3 is 0 Å². The number of hydrogen-bond donors (Lipinski definition) is 1. The van der Waals surface area contributed by atoms with Crippen LogP contribution in [0.3, 0.4) is 0 Å². The Morgan fingerprint density at radius 1 is 1.26 bits per heavy atom. The topological polar surface area (TPSA) is 78.7 Å². The van der Waals surface area contributed by atoms with Gasteiger partial charge in [0.15, 0.2) is 11.2 Å². The van der Waals surface area contributed by atoms with Gasteiger partial charge in [-0.15, -0.1) is 0 Å². The van der Waals surface area contributed by atoms with Gasteiger partial charge in [0.05, 0.1) is 12.9 Å². The Morgan fingerprint density at radius 2 is 2.00 bits per heavy atom. The van der Waals surface area contributed by atoms with Gasteiger partial charge in [-0.05, 0) is 12.5 Å². The number of imidazole rings is 1. The predicted octanol–water partition coefficient (Wildman–Crippen LogP) is 0.664. The molecule has 0 aliphatic carbocycles. The van der Waals surface area contributed by atoms with Gasteiger partial charge < -0.3 is 10.4 Å². The number of nitrogens with two attached hydrogens (primary N) is 1. The van der Waals surface area contributed by atoms with Crippen molar-refractivity contribution < 1.29 is 0 Å². The van der Waals surface area contributed by atoms with Crippen LogP contribution < -0.4 is 11.4 Å². The molecule has 2 heterocycles. The SMILES string of the molecule is Cc1nc2c(ncn2Cc2ccccc2)c(=O)n1N. The van der Waals surface area contributed by atoms with Crippen molar-refractivity contribution in [1.29, 1.82) is 0 Å². The molecule has 0 saturated heterocycles. The van der Waals surface area contributed by atoms with E-state index in [4.69, 9.17) is 5.84 Å². The highest BCUT2D eigenvalue weighted by molar-refractivity contribution is 5.69. The van der Waals surface area contributed by atoms with Gasteiger partial charge in [0, 0.05) is 0 Å². The average Bonchev–Trinajstić information content (AvgIpc) is 2.81. The number of aromatic nitrogens is 4. The summed E-state index contributed by atoms with van der Waals surface area (Å²) in [5, 5.41) is 0. The number of nitrogen functional groups attached to an aromatic ring is 1. The van der Waals surface area contributed by atoms with Gasteiger partial charge in [-0.3, -0.25) is 4.79 Å². The smallest absolute Gasteiger partial charge is 0.300 e. The Morgan fingerprint density at radius 3 is 2.74 bits per heavy atom. The summed E-state index contributed by atoms with van der Waals surface area (Å²) in [5.74, 6) is 6.07. The first-order valence-corrected chi connectivity index (χ1v) is 5.90. The summed E-state index contributed by atoms with van der Waals surface area (Å²) in [6.07, 6.45) is 1.62. The van der Waals surface area contributed by atoms with Crippen molar-refractivity contribution in [2.24, 2.45) is 0 Å². The van der Waals surface area contributed by atoms with E-state index in [1.54, 1.807) is 13.3 Å². The fourth-order valence-corrected chi connectivity index (χ4v) is 2.01. The van der Waals surface area contributed by atoms with Gasteiger partial charge in [-0.2, -0.15) is 0 Å². The molecule has 0 aliphatic rings. The monoisotopic (exact) mass is 255 g/mol. The Bertz CT molecular complexity index is 788. The molecule has 0 radical (unpaired) electrons. The first-order valence-electron chi connectivity index (χ1n) is 5.90. The van der Waals surface area contributed by atoms with E-state index in [2.05, 4.69) is 9.97 Å². The number of aryl methyl sites for hydroxylation is 1. The Labute approximate surface area is 109 Å². The molecule has 3 aromatic rings. The molecular weight excluding hydrogens is 242 g/mol. The molecule has 2 aromatic heterocycles. The van der Waals surface area contributed by atoms with Crippen molar-refractivity contribution in [2.75, 3.05) is 5.84 Å². The van der Waals surface area contributed by atoms with Gasteiger partial charge in [0.1, 0.15) is 5.82 Å². The molecule has 19 heavy (non-hydrogen) atoms.